The number of amides is 1. The minimum absolute atomic E-state index is 0.0858. The molecule has 2 aromatic carbocycles. The third-order valence-electron chi connectivity index (χ3n) is 4.01. The van der Waals surface area contributed by atoms with Gasteiger partial charge in [-0.1, -0.05) is 12.1 Å². The first-order valence-corrected chi connectivity index (χ1v) is 8.32. The Hall–Kier alpha value is -3.13. The second-order valence-corrected chi connectivity index (χ2v) is 5.92. The van der Waals surface area contributed by atoms with Crippen LogP contribution >= 0.6 is 12.2 Å². The van der Waals surface area contributed by atoms with E-state index in [-0.39, 0.29) is 16.5 Å². The van der Waals surface area contributed by atoms with E-state index in [0.29, 0.717) is 22.8 Å². The van der Waals surface area contributed by atoms with Crippen molar-refractivity contribution in [2.75, 3.05) is 26.2 Å². The zero-order chi connectivity index (χ0) is 19.6. The first-order valence-electron chi connectivity index (χ1n) is 7.91. The number of hydrogen-bond donors (Lipinski definition) is 1. The molecule has 1 N–H and O–H groups in total. The number of para-hydroxylation sites is 1. The summed E-state index contributed by atoms with van der Waals surface area (Å²) >= 11 is 5.21. The molecular weight excluding hydrogens is 371 g/mol. The Morgan fingerprint density at radius 3 is 2.30 bits per heavy atom. The summed E-state index contributed by atoms with van der Waals surface area (Å²) in [6.45, 7) is 0. The van der Waals surface area contributed by atoms with Gasteiger partial charge in [-0.25, -0.2) is 9.29 Å². The van der Waals surface area contributed by atoms with Crippen LogP contribution in [0.5, 0.6) is 17.2 Å². The molecule has 1 aliphatic heterocycles. The molecule has 0 radical (unpaired) electrons. The van der Waals surface area contributed by atoms with Gasteiger partial charge in [0.1, 0.15) is 17.3 Å². The monoisotopic (exact) mass is 388 g/mol. The highest BCUT2D eigenvalue weighted by Gasteiger charge is 2.33. The molecule has 0 atom stereocenters. The number of benzene rings is 2. The summed E-state index contributed by atoms with van der Waals surface area (Å²) in [5.74, 6) is 0.432. The van der Waals surface area contributed by atoms with Gasteiger partial charge in [0.15, 0.2) is 16.6 Å². The fourth-order valence-corrected chi connectivity index (χ4v) is 3.00. The Bertz CT molecular complexity index is 945. The first-order chi connectivity index (χ1) is 13.0. The van der Waals surface area contributed by atoms with Gasteiger partial charge in [-0.2, -0.15) is 0 Å². The number of rotatable bonds is 5. The maximum atomic E-state index is 14.1. The van der Waals surface area contributed by atoms with Gasteiger partial charge >= 0.3 is 0 Å². The van der Waals surface area contributed by atoms with Gasteiger partial charge in [0.25, 0.3) is 5.91 Å². The Morgan fingerprint density at radius 1 is 1.04 bits per heavy atom. The molecule has 140 valence electrons. The number of hydrogen-bond acceptors (Lipinski definition) is 5. The zero-order valence-electron chi connectivity index (χ0n) is 14.9. The molecule has 0 aromatic heterocycles. The van der Waals surface area contributed by atoms with E-state index in [2.05, 4.69) is 5.32 Å². The highest BCUT2D eigenvalue weighted by molar-refractivity contribution is 7.80. The number of methoxy groups -OCH3 is 3. The molecule has 0 aliphatic carbocycles. The number of anilines is 1. The summed E-state index contributed by atoms with van der Waals surface area (Å²) in [6.07, 6.45) is 1.57. The number of carbonyl (C=O) groups excluding carboxylic acids is 1. The average Bonchev–Trinajstić information content (AvgIpc) is 2.95. The van der Waals surface area contributed by atoms with Crippen LogP contribution in [-0.2, 0) is 4.79 Å². The molecule has 1 fully saturated rings. The maximum absolute atomic E-state index is 14.1. The van der Waals surface area contributed by atoms with Crippen LogP contribution in [0.2, 0.25) is 0 Å². The lowest BCUT2D eigenvalue weighted by molar-refractivity contribution is -0.113. The predicted molar refractivity (Wildman–Crippen MR) is 104 cm³/mol. The lowest BCUT2D eigenvalue weighted by atomic mass is 10.1. The summed E-state index contributed by atoms with van der Waals surface area (Å²) < 4.78 is 30.0. The number of thiocarbonyl (C=S) groups is 1. The Kier molecular flexibility index (Phi) is 5.27. The van der Waals surface area contributed by atoms with Gasteiger partial charge in [0.2, 0.25) is 0 Å². The Balaban J connectivity index is 2.03. The third-order valence-corrected chi connectivity index (χ3v) is 4.29. The Morgan fingerprint density at radius 2 is 1.67 bits per heavy atom. The van der Waals surface area contributed by atoms with Gasteiger partial charge in [-0.05, 0) is 36.5 Å². The number of ether oxygens (including phenoxy) is 3. The van der Waals surface area contributed by atoms with Crippen LogP contribution in [0.4, 0.5) is 10.1 Å². The first kappa shape index (κ1) is 18.7. The van der Waals surface area contributed by atoms with Crippen molar-refractivity contribution < 1.29 is 23.4 Å². The predicted octanol–water partition coefficient (Wildman–Crippen LogP) is 3.11. The van der Waals surface area contributed by atoms with Crippen LogP contribution in [0, 0.1) is 5.82 Å². The summed E-state index contributed by atoms with van der Waals surface area (Å²) in [5.41, 5.74) is 0.848. The number of nitrogens with zero attached hydrogens (tertiary/aromatic N) is 1. The van der Waals surface area contributed by atoms with Crippen molar-refractivity contribution in [1.29, 1.82) is 0 Å². The summed E-state index contributed by atoms with van der Waals surface area (Å²) in [4.78, 5) is 13.9. The van der Waals surface area contributed by atoms with E-state index in [1.165, 1.54) is 33.5 Å². The fourth-order valence-electron chi connectivity index (χ4n) is 2.71. The Labute approximate surface area is 161 Å². The minimum atomic E-state index is -0.542. The van der Waals surface area contributed by atoms with Crippen LogP contribution in [-0.4, -0.2) is 32.3 Å². The van der Waals surface area contributed by atoms with E-state index < -0.39 is 11.7 Å². The number of carbonyl (C=O) groups is 1. The van der Waals surface area contributed by atoms with Crippen LogP contribution in [0.15, 0.2) is 42.1 Å². The van der Waals surface area contributed by atoms with Gasteiger partial charge in [0, 0.05) is 11.6 Å². The standard InChI is InChI=1S/C19H17FN2O4S/c1-24-15-10-17(26-3)16(25-2)9-11(15)8-13-18(23)22(19(27)21-13)14-7-5-4-6-12(14)20/h4-10H,1-3H3,(H,21,27)/b13-8-. The zero-order valence-corrected chi connectivity index (χ0v) is 15.7. The van der Waals surface area contributed by atoms with Gasteiger partial charge in [0.05, 0.1) is 27.0 Å². The molecule has 6 nitrogen and oxygen atoms in total. The van der Waals surface area contributed by atoms with E-state index in [4.69, 9.17) is 26.4 Å². The molecule has 3 rings (SSSR count). The average molecular weight is 388 g/mol. The quantitative estimate of drug-likeness (QED) is 0.627. The molecule has 1 amide bonds. The molecule has 1 heterocycles. The van der Waals surface area contributed by atoms with Crippen molar-refractivity contribution >= 4 is 35.0 Å². The lowest BCUT2D eigenvalue weighted by Gasteiger charge is -2.14. The largest absolute Gasteiger partial charge is 0.496 e. The molecule has 2 aromatic rings. The molecule has 0 bridgehead atoms. The summed E-state index contributed by atoms with van der Waals surface area (Å²) in [5, 5.41) is 2.91. The van der Waals surface area contributed by atoms with Crippen molar-refractivity contribution in [3.05, 3.63) is 53.5 Å². The molecule has 27 heavy (non-hydrogen) atoms. The SMILES string of the molecule is COc1cc(OC)c(OC)cc1/C=C1\NC(=S)N(c2ccccc2F)C1=O. The molecule has 0 saturated carbocycles. The number of nitrogens with one attached hydrogen (secondary N) is 1. The lowest BCUT2D eigenvalue weighted by Crippen LogP contribution is -2.31. The second kappa shape index (κ2) is 7.63. The van der Waals surface area contributed by atoms with Crippen molar-refractivity contribution in [3.8, 4) is 17.2 Å². The van der Waals surface area contributed by atoms with Crippen molar-refractivity contribution in [2.45, 2.75) is 0 Å². The van der Waals surface area contributed by atoms with Crippen LogP contribution < -0.4 is 24.4 Å². The van der Waals surface area contributed by atoms with E-state index >= 15 is 0 Å². The smallest absolute Gasteiger partial charge is 0.281 e. The highest BCUT2D eigenvalue weighted by Crippen LogP contribution is 2.36. The summed E-state index contributed by atoms with van der Waals surface area (Å²) in [6, 6.07) is 9.26. The van der Waals surface area contributed by atoms with Crippen molar-refractivity contribution in [2.24, 2.45) is 0 Å². The molecular formula is C19H17FN2O4S. The van der Waals surface area contributed by atoms with Crippen LogP contribution in [0.25, 0.3) is 6.08 Å². The summed E-state index contributed by atoms with van der Waals surface area (Å²) in [7, 11) is 4.53. The van der Waals surface area contributed by atoms with Crippen molar-refractivity contribution in [1.82, 2.24) is 5.32 Å². The molecule has 0 spiro atoms. The molecule has 1 aliphatic rings. The van der Waals surface area contributed by atoms with E-state index in [9.17, 15) is 9.18 Å². The molecule has 1 saturated heterocycles. The van der Waals surface area contributed by atoms with Crippen molar-refractivity contribution in [3.63, 3.8) is 0 Å². The molecule has 8 heteroatoms. The third kappa shape index (κ3) is 3.43. The highest BCUT2D eigenvalue weighted by atomic mass is 32.1. The van der Waals surface area contributed by atoms with Crippen LogP contribution in [0.3, 0.4) is 0 Å². The maximum Gasteiger partial charge on any atom is 0.281 e. The van der Waals surface area contributed by atoms with E-state index in [0.717, 1.165) is 4.90 Å². The topological polar surface area (TPSA) is 60.0 Å². The van der Waals surface area contributed by atoms with Gasteiger partial charge in [-0.3, -0.25) is 4.79 Å². The minimum Gasteiger partial charge on any atom is -0.496 e. The van der Waals surface area contributed by atoms with E-state index in [1.54, 1.807) is 30.3 Å². The fraction of sp³-hybridized carbons (Fsp3) is 0.158. The molecule has 0 unspecified atom stereocenters. The van der Waals surface area contributed by atoms with Gasteiger partial charge < -0.3 is 19.5 Å². The normalized spacial score (nSPS) is 15.1. The number of halogens is 1. The van der Waals surface area contributed by atoms with Crippen LogP contribution in [0.1, 0.15) is 5.56 Å². The second-order valence-electron chi connectivity index (χ2n) is 5.53. The van der Waals surface area contributed by atoms with E-state index in [1.807, 2.05) is 0 Å². The van der Waals surface area contributed by atoms with Gasteiger partial charge in [-0.15, -0.1) is 0 Å².